The number of hydrogen-bond acceptors (Lipinski definition) is 3. The number of amides is 1. The molecule has 5 nitrogen and oxygen atoms in total. The van der Waals surface area contributed by atoms with Gasteiger partial charge < -0.3 is 5.32 Å². The van der Waals surface area contributed by atoms with Gasteiger partial charge in [0.05, 0.1) is 16.6 Å². The van der Waals surface area contributed by atoms with Crippen molar-refractivity contribution in [2.45, 2.75) is 24.7 Å². The summed E-state index contributed by atoms with van der Waals surface area (Å²) in [6.45, 7) is 1.98. The van der Waals surface area contributed by atoms with Crippen molar-refractivity contribution < 1.29 is 4.79 Å². The molecule has 4 aromatic rings. The molecule has 2 aromatic heterocycles. The Morgan fingerprint density at radius 1 is 1.10 bits per heavy atom. The fourth-order valence-electron chi connectivity index (χ4n) is 4.80. The maximum absolute atomic E-state index is 12.8. The fourth-order valence-corrected chi connectivity index (χ4v) is 4.80. The molecule has 1 spiro atoms. The van der Waals surface area contributed by atoms with Crippen LogP contribution in [0.5, 0.6) is 0 Å². The first-order valence-corrected chi connectivity index (χ1v) is 10.1. The van der Waals surface area contributed by atoms with E-state index in [1.54, 1.807) is 0 Å². The van der Waals surface area contributed by atoms with Crippen LogP contribution in [-0.4, -0.2) is 21.1 Å². The van der Waals surface area contributed by atoms with E-state index >= 15 is 0 Å². The van der Waals surface area contributed by atoms with Crippen LogP contribution in [-0.2, 0) is 10.2 Å². The summed E-state index contributed by atoms with van der Waals surface area (Å²) < 4.78 is 0. The van der Waals surface area contributed by atoms with Crippen molar-refractivity contribution in [2.24, 2.45) is 0 Å². The predicted molar refractivity (Wildman–Crippen MR) is 118 cm³/mol. The van der Waals surface area contributed by atoms with Gasteiger partial charge >= 0.3 is 0 Å². The monoisotopic (exact) mass is 392 g/mol. The molecule has 5 heteroatoms. The molecule has 1 amide bonds. The molecule has 1 fully saturated rings. The number of carbonyl (C=O) groups excluding carboxylic acids is 1. The lowest BCUT2D eigenvalue weighted by Gasteiger charge is -2.08. The Hall–Kier alpha value is -3.73. The van der Waals surface area contributed by atoms with E-state index < -0.39 is 5.41 Å². The maximum atomic E-state index is 12.8. The summed E-state index contributed by atoms with van der Waals surface area (Å²) in [5, 5.41) is 11.8. The molecule has 2 N–H and O–H groups in total. The molecular weight excluding hydrogens is 372 g/mol. The molecule has 1 saturated carbocycles. The molecule has 146 valence electrons. The van der Waals surface area contributed by atoms with E-state index in [4.69, 9.17) is 0 Å². The first-order chi connectivity index (χ1) is 14.6. The van der Waals surface area contributed by atoms with E-state index in [9.17, 15) is 4.79 Å². The van der Waals surface area contributed by atoms with E-state index in [-0.39, 0.29) is 11.8 Å². The van der Waals surface area contributed by atoms with Crippen LogP contribution >= 0.6 is 0 Å². The quantitative estimate of drug-likeness (QED) is 0.525. The zero-order valence-corrected chi connectivity index (χ0v) is 16.5. The van der Waals surface area contributed by atoms with Gasteiger partial charge in [-0.3, -0.25) is 14.9 Å². The highest BCUT2D eigenvalue weighted by Crippen LogP contribution is 2.64. The van der Waals surface area contributed by atoms with Crippen molar-refractivity contribution >= 4 is 34.6 Å². The van der Waals surface area contributed by atoms with Crippen molar-refractivity contribution in [3.63, 3.8) is 0 Å². The van der Waals surface area contributed by atoms with Crippen LogP contribution in [0.25, 0.3) is 23.1 Å². The molecule has 30 heavy (non-hydrogen) atoms. The van der Waals surface area contributed by atoms with Crippen molar-refractivity contribution in [2.75, 3.05) is 5.32 Å². The number of anilines is 1. The number of H-pyrrole nitrogens is 1. The Morgan fingerprint density at radius 2 is 2.00 bits per heavy atom. The predicted octanol–water partition coefficient (Wildman–Crippen LogP) is 4.81. The summed E-state index contributed by atoms with van der Waals surface area (Å²) in [4.78, 5) is 17.0. The number of benzene rings is 2. The Balaban J connectivity index is 1.32. The minimum atomic E-state index is -0.410. The topological polar surface area (TPSA) is 70.7 Å². The second-order valence-electron chi connectivity index (χ2n) is 8.21. The number of nitrogens with one attached hydrogen (secondary N) is 2. The van der Waals surface area contributed by atoms with Crippen molar-refractivity contribution in [3.05, 3.63) is 88.9 Å². The Morgan fingerprint density at radius 3 is 2.90 bits per heavy atom. The molecule has 2 aliphatic rings. The molecule has 6 rings (SSSR count). The van der Waals surface area contributed by atoms with Gasteiger partial charge in [0.15, 0.2) is 0 Å². The number of carbonyl (C=O) groups is 1. The van der Waals surface area contributed by atoms with Crippen molar-refractivity contribution in [3.8, 4) is 0 Å². The van der Waals surface area contributed by atoms with Crippen LogP contribution in [0.2, 0.25) is 0 Å². The van der Waals surface area contributed by atoms with Crippen LogP contribution < -0.4 is 5.32 Å². The largest absolute Gasteiger partial charge is 0.325 e. The minimum Gasteiger partial charge on any atom is -0.325 e. The lowest BCUT2D eigenvalue weighted by atomic mass is 9.92. The molecule has 2 aromatic carbocycles. The first-order valence-electron chi connectivity index (χ1n) is 10.1. The SMILES string of the molecule is Cc1cc(/C=C/c2n[nH]c3cc([C@@H]4C[C@@]45C(=O)Nc4ccccc45)ccc23)ccn1. The van der Waals surface area contributed by atoms with Crippen LogP contribution in [0.3, 0.4) is 0 Å². The Kier molecular flexibility index (Phi) is 3.51. The molecule has 0 radical (unpaired) electrons. The standard InChI is InChI=1S/C25H20N4O/c1-15-12-16(10-11-26-15)6-9-21-18-8-7-17(13-23(18)29-28-21)20-14-25(20)19-4-2-3-5-22(19)27-24(25)30/h2-13,20H,14H2,1H3,(H,27,30)(H,28,29)/b9-6+/t20-,25-/m0/s1. The first kappa shape index (κ1) is 17.2. The van der Waals surface area contributed by atoms with Gasteiger partial charge in [-0.1, -0.05) is 36.4 Å². The number of aromatic nitrogens is 3. The van der Waals surface area contributed by atoms with E-state index in [0.717, 1.165) is 45.5 Å². The van der Waals surface area contributed by atoms with Crippen molar-refractivity contribution in [1.82, 2.24) is 15.2 Å². The molecular formula is C25H20N4O. The summed E-state index contributed by atoms with van der Waals surface area (Å²) in [7, 11) is 0. The Labute approximate surface area is 173 Å². The number of para-hydroxylation sites is 1. The van der Waals surface area contributed by atoms with E-state index in [1.165, 1.54) is 5.56 Å². The van der Waals surface area contributed by atoms with Gasteiger partial charge in [0.2, 0.25) is 5.91 Å². The minimum absolute atomic E-state index is 0.120. The number of fused-ring (bicyclic) bond motifs is 3. The number of aryl methyl sites for hydroxylation is 1. The average Bonchev–Trinajstić information content (AvgIpc) is 3.29. The van der Waals surface area contributed by atoms with E-state index in [0.29, 0.717) is 0 Å². The van der Waals surface area contributed by atoms with Gasteiger partial charge in [-0.05, 0) is 60.4 Å². The molecule has 0 saturated heterocycles. The normalized spacial score (nSPS) is 22.0. The molecule has 1 aliphatic heterocycles. The smallest absolute Gasteiger partial charge is 0.235 e. The van der Waals surface area contributed by atoms with Gasteiger partial charge in [0, 0.05) is 28.9 Å². The van der Waals surface area contributed by atoms with Crippen LogP contribution in [0.4, 0.5) is 5.69 Å². The highest BCUT2D eigenvalue weighted by Gasteiger charge is 2.65. The number of pyridine rings is 1. The van der Waals surface area contributed by atoms with Gasteiger partial charge in [0.25, 0.3) is 0 Å². The maximum Gasteiger partial charge on any atom is 0.235 e. The Bertz CT molecular complexity index is 1350. The zero-order chi connectivity index (χ0) is 20.3. The number of nitrogens with zero attached hydrogens (tertiary/aromatic N) is 2. The highest BCUT2D eigenvalue weighted by molar-refractivity contribution is 6.09. The number of aromatic amines is 1. The molecule has 0 bridgehead atoms. The van der Waals surface area contributed by atoms with Gasteiger partial charge in [0.1, 0.15) is 0 Å². The van der Waals surface area contributed by atoms with Crippen LogP contribution in [0.1, 0.15) is 40.4 Å². The second kappa shape index (κ2) is 6.13. The van der Waals surface area contributed by atoms with Gasteiger partial charge in [-0.25, -0.2) is 0 Å². The molecule has 3 heterocycles. The van der Waals surface area contributed by atoms with Gasteiger partial charge in [-0.15, -0.1) is 0 Å². The summed E-state index contributed by atoms with van der Waals surface area (Å²) in [5.41, 5.74) is 6.83. The summed E-state index contributed by atoms with van der Waals surface area (Å²) in [6.07, 6.45) is 6.73. The van der Waals surface area contributed by atoms with E-state index in [1.807, 2.05) is 55.6 Å². The third-order valence-electron chi connectivity index (χ3n) is 6.40. The molecule has 1 aliphatic carbocycles. The lowest BCUT2D eigenvalue weighted by Crippen LogP contribution is -2.20. The second-order valence-corrected chi connectivity index (χ2v) is 8.21. The summed E-state index contributed by atoms with van der Waals surface area (Å²) >= 11 is 0. The number of rotatable bonds is 3. The summed E-state index contributed by atoms with van der Waals surface area (Å²) in [5.74, 6) is 0.322. The third-order valence-corrected chi connectivity index (χ3v) is 6.40. The molecule has 2 atom stereocenters. The van der Waals surface area contributed by atoms with E-state index in [2.05, 4.69) is 44.8 Å². The van der Waals surface area contributed by atoms with Gasteiger partial charge in [-0.2, -0.15) is 5.10 Å². The van der Waals surface area contributed by atoms with Crippen molar-refractivity contribution in [1.29, 1.82) is 0 Å². The zero-order valence-electron chi connectivity index (χ0n) is 16.5. The average molecular weight is 392 g/mol. The number of hydrogen-bond donors (Lipinski definition) is 2. The summed E-state index contributed by atoms with van der Waals surface area (Å²) in [6, 6.07) is 18.4. The highest BCUT2D eigenvalue weighted by atomic mass is 16.2. The van der Waals surface area contributed by atoms with Crippen LogP contribution in [0.15, 0.2) is 60.8 Å². The van der Waals surface area contributed by atoms with Crippen LogP contribution in [0, 0.1) is 6.92 Å². The molecule has 0 unspecified atom stereocenters. The third kappa shape index (κ3) is 2.45. The fraction of sp³-hybridized carbons (Fsp3) is 0.160. The lowest BCUT2D eigenvalue weighted by molar-refractivity contribution is -0.118.